The Morgan fingerprint density at radius 1 is 1.50 bits per heavy atom. The number of nitrogens with zero attached hydrogens (tertiary/aromatic N) is 3. The van der Waals surface area contributed by atoms with Crippen LogP contribution >= 0.6 is 11.3 Å². The minimum absolute atomic E-state index is 0.205. The van der Waals surface area contributed by atoms with E-state index in [0.717, 1.165) is 5.56 Å². The van der Waals surface area contributed by atoms with Crippen LogP contribution < -0.4 is 10.9 Å². The minimum Gasteiger partial charge on any atom is -0.492 e. The number of hydrogen-bond donors (Lipinski definition) is 2. The Morgan fingerprint density at radius 2 is 2.32 bits per heavy atom. The first kappa shape index (κ1) is 14.2. The highest BCUT2D eigenvalue weighted by molar-refractivity contribution is 7.15. The summed E-state index contributed by atoms with van der Waals surface area (Å²) in [6, 6.07) is 3.54. The quantitative estimate of drug-likeness (QED) is 0.754. The second-order valence-corrected chi connectivity index (χ2v) is 5.49. The third-order valence-corrected chi connectivity index (χ3v) is 4.07. The first-order valence-electron chi connectivity index (χ1n) is 6.45. The van der Waals surface area contributed by atoms with Gasteiger partial charge in [0.25, 0.3) is 11.5 Å². The molecule has 0 spiro atoms. The van der Waals surface area contributed by atoms with E-state index < -0.39 is 17.3 Å². The van der Waals surface area contributed by atoms with Crippen molar-refractivity contribution in [1.82, 2.24) is 19.7 Å². The van der Waals surface area contributed by atoms with Crippen LogP contribution in [0.1, 0.15) is 21.6 Å². The summed E-state index contributed by atoms with van der Waals surface area (Å²) in [7, 11) is 0. The van der Waals surface area contributed by atoms with Crippen LogP contribution in [0.15, 0.2) is 34.7 Å². The molecule has 0 fully saturated rings. The Labute approximate surface area is 128 Å². The molecule has 22 heavy (non-hydrogen) atoms. The van der Waals surface area contributed by atoms with Crippen molar-refractivity contribution < 1.29 is 9.90 Å². The molecule has 3 rings (SSSR count). The van der Waals surface area contributed by atoms with Gasteiger partial charge in [0.2, 0.25) is 5.88 Å². The summed E-state index contributed by atoms with van der Waals surface area (Å²) >= 11 is 1.22. The van der Waals surface area contributed by atoms with Gasteiger partial charge in [0.1, 0.15) is 0 Å². The SMILES string of the molecule is Cc1csc2nc(O)c(C(=O)NCc3cccnc3)c(=O)n12. The molecule has 0 radical (unpaired) electrons. The van der Waals surface area contributed by atoms with Gasteiger partial charge >= 0.3 is 0 Å². The molecular weight excluding hydrogens is 304 g/mol. The van der Waals surface area contributed by atoms with Gasteiger partial charge < -0.3 is 10.4 Å². The molecule has 0 aromatic carbocycles. The zero-order valence-corrected chi connectivity index (χ0v) is 12.4. The Balaban J connectivity index is 1.94. The van der Waals surface area contributed by atoms with Crippen molar-refractivity contribution in [2.45, 2.75) is 13.5 Å². The van der Waals surface area contributed by atoms with E-state index in [0.29, 0.717) is 10.7 Å². The fraction of sp³-hybridized carbons (Fsp3) is 0.143. The molecule has 0 aliphatic rings. The van der Waals surface area contributed by atoms with Crippen LogP contribution in [-0.2, 0) is 6.54 Å². The number of aromatic nitrogens is 3. The Bertz CT molecular complexity index is 902. The molecule has 2 N–H and O–H groups in total. The smallest absolute Gasteiger partial charge is 0.275 e. The number of pyridine rings is 1. The molecular formula is C14H12N4O3S. The maximum atomic E-state index is 12.4. The maximum absolute atomic E-state index is 12.4. The molecule has 0 saturated heterocycles. The standard InChI is InChI=1S/C14H12N4O3S/c1-8-7-22-14-17-12(20)10(13(21)18(8)14)11(19)16-6-9-3-2-4-15-5-9/h2-5,7,20H,6H2,1H3,(H,16,19). The minimum atomic E-state index is -0.668. The number of carbonyl (C=O) groups excluding carboxylic acids is 1. The van der Waals surface area contributed by atoms with Crippen LogP contribution in [-0.4, -0.2) is 25.4 Å². The van der Waals surface area contributed by atoms with Gasteiger partial charge in [0.15, 0.2) is 10.5 Å². The lowest BCUT2D eigenvalue weighted by molar-refractivity contribution is 0.0945. The monoisotopic (exact) mass is 316 g/mol. The van der Waals surface area contributed by atoms with Crippen molar-refractivity contribution in [2.24, 2.45) is 0 Å². The number of thiazole rings is 1. The van der Waals surface area contributed by atoms with Gasteiger partial charge in [-0.3, -0.25) is 19.0 Å². The lowest BCUT2D eigenvalue weighted by Gasteiger charge is -2.06. The van der Waals surface area contributed by atoms with Crippen molar-refractivity contribution in [3.63, 3.8) is 0 Å². The van der Waals surface area contributed by atoms with Crippen molar-refractivity contribution in [3.05, 3.63) is 57.1 Å². The molecule has 7 nitrogen and oxygen atoms in total. The first-order chi connectivity index (χ1) is 10.6. The summed E-state index contributed by atoms with van der Waals surface area (Å²) in [5.41, 5.74) is 0.517. The second-order valence-electron chi connectivity index (χ2n) is 4.65. The van der Waals surface area contributed by atoms with Crippen LogP contribution in [0, 0.1) is 6.92 Å². The predicted molar refractivity (Wildman–Crippen MR) is 81.1 cm³/mol. The number of amides is 1. The van der Waals surface area contributed by atoms with Gasteiger partial charge in [-0.15, -0.1) is 11.3 Å². The van der Waals surface area contributed by atoms with Crippen LogP contribution in [0.3, 0.4) is 0 Å². The highest BCUT2D eigenvalue weighted by Gasteiger charge is 2.21. The van der Waals surface area contributed by atoms with Crippen molar-refractivity contribution in [1.29, 1.82) is 0 Å². The van der Waals surface area contributed by atoms with Gasteiger partial charge in [-0.25, -0.2) is 0 Å². The number of hydrogen-bond acceptors (Lipinski definition) is 6. The summed E-state index contributed by atoms with van der Waals surface area (Å²) in [6.45, 7) is 1.94. The first-order valence-corrected chi connectivity index (χ1v) is 7.33. The number of fused-ring (bicyclic) bond motifs is 1. The summed E-state index contributed by atoms with van der Waals surface area (Å²) in [5.74, 6) is -1.23. The van der Waals surface area contributed by atoms with E-state index in [-0.39, 0.29) is 12.1 Å². The molecule has 0 atom stereocenters. The van der Waals surface area contributed by atoms with Gasteiger partial charge in [0, 0.05) is 30.0 Å². The molecule has 112 valence electrons. The molecule has 0 saturated carbocycles. The highest BCUT2D eigenvalue weighted by Crippen LogP contribution is 2.17. The van der Waals surface area contributed by atoms with Gasteiger partial charge in [-0.2, -0.15) is 4.98 Å². The Hall–Kier alpha value is -2.74. The molecule has 0 unspecified atom stereocenters. The number of aryl methyl sites for hydroxylation is 1. The average Bonchev–Trinajstić information content (AvgIpc) is 2.87. The fourth-order valence-electron chi connectivity index (χ4n) is 2.04. The zero-order valence-electron chi connectivity index (χ0n) is 11.6. The molecule has 0 bridgehead atoms. The maximum Gasteiger partial charge on any atom is 0.275 e. The third-order valence-electron chi connectivity index (χ3n) is 3.12. The molecule has 0 aliphatic carbocycles. The van der Waals surface area contributed by atoms with Gasteiger partial charge in [0.05, 0.1) is 0 Å². The van der Waals surface area contributed by atoms with Crippen molar-refractivity contribution >= 4 is 22.2 Å². The normalized spacial score (nSPS) is 10.8. The summed E-state index contributed by atoms with van der Waals surface area (Å²) in [6.07, 6.45) is 3.23. The lowest BCUT2D eigenvalue weighted by atomic mass is 10.2. The van der Waals surface area contributed by atoms with E-state index in [1.165, 1.54) is 15.7 Å². The predicted octanol–water partition coefficient (Wildman–Crippen LogP) is 1.10. The van der Waals surface area contributed by atoms with Crippen LogP contribution in [0.4, 0.5) is 0 Å². The number of aromatic hydroxyl groups is 1. The third kappa shape index (κ3) is 2.44. The number of rotatable bonds is 3. The fourth-order valence-corrected chi connectivity index (χ4v) is 2.90. The van der Waals surface area contributed by atoms with Gasteiger partial charge in [-0.1, -0.05) is 6.07 Å². The number of carbonyl (C=O) groups is 1. The van der Waals surface area contributed by atoms with E-state index in [1.807, 2.05) is 0 Å². The van der Waals surface area contributed by atoms with Crippen LogP contribution in [0.5, 0.6) is 5.88 Å². The lowest BCUT2D eigenvalue weighted by Crippen LogP contribution is -2.31. The highest BCUT2D eigenvalue weighted by atomic mass is 32.1. The second kappa shape index (κ2) is 5.57. The van der Waals surface area contributed by atoms with Crippen LogP contribution in [0.25, 0.3) is 4.96 Å². The van der Waals surface area contributed by atoms with Crippen molar-refractivity contribution in [2.75, 3.05) is 0 Å². The molecule has 3 heterocycles. The van der Waals surface area contributed by atoms with E-state index in [1.54, 1.807) is 36.8 Å². The van der Waals surface area contributed by atoms with Gasteiger partial charge in [-0.05, 0) is 18.6 Å². The number of nitrogens with one attached hydrogen (secondary N) is 1. The van der Waals surface area contributed by atoms with E-state index in [9.17, 15) is 14.7 Å². The van der Waals surface area contributed by atoms with E-state index >= 15 is 0 Å². The summed E-state index contributed by atoms with van der Waals surface area (Å²) in [5, 5.41) is 14.2. The summed E-state index contributed by atoms with van der Waals surface area (Å²) < 4.78 is 1.31. The zero-order chi connectivity index (χ0) is 15.7. The van der Waals surface area contributed by atoms with E-state index in [2.05, 4.69) is 15.3 Å². The van der Waals surface area contributed by atoms with E-state index in [4.69, 9.17) is 0 Å². The molecule has 0 aliphatic heterocycles. The Kier molecular flexibility index (Phi) is 3.60. The molecule has 1 amide bonds. The van der Waals surface area contributed by atoms with Crippen LogP contribution in [0.2, 0.25) is 0 Å². The van der Waals surface area contributed by atoms with Crippen molar-refractivity contribution in [3.8, 4) is 5.88 Å². The molecule has 3 aromatic heterocycles. The molecule has 8 heteroatoms. The molecule has 3 aromatic rings. The average molecular weight is 316 g/mol. The Morgan fingerprint density at radius 3 is 3.05 bits per heavy atom. The topological polar surface area (TPSA) is 96.6 Å². The summed E-state index contributed by atoms with van der Waals surface area (Å²) in [4.78, 5) is 32.8. The largest absolute Gasteiger partial charge is 0.492 e.